The number of thioether (sulfide) groups is 1. The van der Waals surface area contributed by atoms with Crippen molar-refractivity contribution in [3.8, 4) is 0 Å². The lowest BCUT2D eigenvalue weighted by atomic mass is 10.3. The molecular weight excluding hydrogens is 234 g/mol. The molecule has 0 spiro atoms. The van der Waals surface area contributed by atoms with Crippen molar-refractivity contribution in [2.24, 2.45) is 0 Å². The molecule has 0 bridgehead atoms. The zero-order valence-electron chi connectivity index (χ0n) is 10.4. The fraction of sp³-hybridized carbons (Fsp3) is 0.750. The van der Waals surface area contributed by atoms with Gasteiger partial charge in [0.25, 0.3) is 0 Å². The van der Waals surface area contributed by atoms with Crippen LogP contribution in [0.4, 0.5) is 5.95 Å². The number of nitrogens with one attached hydrogen (secondary N) is 1. The number of anilines is 1. The van der Waals surface area contributed by atoms with Gasteiger partial charge in [0, 0.05) is 43.9 Å². The second-order valence-electron chi connectivity index (χ2n) is 4.20. The molecule has 0 saturated carbocycles. The Morgan fingerprint density at radius 3 is 3.35 bits per heavy atom. The minimum atomic E-state index is 0.591. The average molecular weight is 255 g/mol. The molecule has 17 heavy (non-hydrogen) atoms. The quantitative estimate of drug-likeness (QED) is 0.758. The monoisotopic (exact) mass is 255 g/mol. The summed E-state index contributed by atoms with van der Waals surface area (Å²) in [6.07, 6.45) is 6.19. The second kappa shape index (κ2) is 6.91. The lowest BCUT2D eigenvalue weighted by Gasteiger charge is -2.14. The Hall–Kier alpha value is -0.680. The van der Waals surface area contributed by atoms with Crippen LogP contribution in [0.15, 0.2) is 12.4 Å². The third-order valence-corrected chi connectivity index (χ3v) is 4.03. The Morgan fingerprint density at radius 2 is 2.59 bits per heavy atom. The predicted molar refractivity (Wildman–Crippen MR) is 72.7 cm³/mol. The van der Waals surface area contributed by atoms with Crippen molar-refractivity contribution >= 4 is 17.7 Å². The van der Waals surface area contributed by atoms with E-state index in [1.807, 2.05) is 31.1 Å². The van der Waals surface area contributed by atoms with E-state index < -0.39 is 0 Å². The molecule has 5 heteroatoms. The molecule has 1 aliphatic rings. The zero-order valence-corrected chi connectivity index (χ0v) is 11.2. The molecular formula is C12H21N3OS. The van der Waals surface area contributed by atoms with E-state index in [0.29, 0.717) is 6.04 Å². The van der Waals surface area contributed by atoms with E-state index >= 15 is 0 Å². The highest BCUT2D eigenvalue weighted by atomic mass is 32.2. The maximum absolute atomic E-state index is 5.35. The van der Waals surface area contributed by atoms with Gasteiger partial charge in [0.2, 0.25) is 5.95 Å². The molecule has 0 aromatic carbocycles. The second-order valence-corrected chi connectivity index (χ2v) is 5.35. The van der Waals surface area contributed by atoms with Gasteiger partial charge in [0.15, 0.2) is 0 Å². The summed E-state index contributed by atoms with van der Waals surface area (Å²) in [5.74, 6) is 3.48. The molecule has 0 amide bonds. The molecule has 1 aromatic rings. The molecule has 0 radical (unpaired) electrons. The largest absolute Gasteiger partial charge is 0.382 e. The first-order valence-corrected chi connectivity index (χ1v) is 7.48. The summed E-state index contributed by atoms with van der Waals surface area (Å²) < 4.78 is 7.53. The fourth-order valence-corrected chi connectivity index (χ4v) is 3.09. The van der Waals surface area contributed by atoms with Crippen LogP contribution in [0.2, 0.25) is 0 Å². The minimum absolute atomic E-state index is 0.591. The van der Waals surface area contributed by atoms with Crippen molar-refractivity contribution in [3.63, 3.8) is 0 Å². The maximum atomic E-state index is 5.35. The molecule has 2 heterocycles. The first-order chi connectivity index (χ1) is 8.40. The van der Waals surface area contributed by atoms with Crippen LogP contribution in [0.3, 0.4) is 0 Å². The molecule has 1 atom stereocenters. The van der Waals surface area contributed by atoms with Gasteiger partial charge in [-0.15, -0.1) is 0 Å². The predicted octanol–water partition coefficient (Wildman–Crippen LogP) is 2.23. The standard InChI is InChI=1S/C12H21N3OS/c1-2-16-8-3-6-15-7-5-13-12(15)14-11-4-9-17-10-11/h5,7,11H,2-4,6,8-10H2,1H3,(H,13,14). The molecule has 0 aliphatic carbocycles. The number of rotatable bonds is 7. The van der Waals surface area contributed by atoms with E-state index in [4.69, 9.17) is 4.74 Å². The van der Waals surface area contributed by atoms with Crippen molar-refractivity contribution < 1.29 is 4.74 Å². The highest BCUT2D eigenvalue weighted by Crippen LogP contribution is 2.20. The first kappa shape index (κ1) is 12.8. The fourth-order valence-electron chi connectivity index (χ4n) is 1.94. The van der Waals surface area contributed by atoms with Crippen LogP contribution in [0, 0.1) is 0 Å². The normalized spacial score (nSPS) is 19.7. The molecule has 1 aromatic heterocycles. The molecule has 1 fully saturated rings. The van der Waals surface area contributed by atoms with Crippen LogP contribution >= 0.6 is 11.8 Å². The Labute approximate surface area is 107 Å². The smallest absolute Gasteiger partial charge is 0.203 e. The summed E-state index contributed by atoms with van der Waals surface area (Å²) in [4.78, 5) is 4.38. The van der Waals surface area contributed by atoms with Gasteiger partial charge in [-0.25, -0.2) is 4.98 Å². The van der Waals surface area contributed by atoms with E-state index in [2.05, 4.69) is 14.9 Å². The van der Waals surface area contributed by atoms with Crippen LogP contribution in [0.25, 0.3) is 0 Å². The van der Waals surface area contributed by atoms with Gasteiger partial charge in [0.05, 0.1) is 0 Å². The van der Waals surface area contributed by atoms with Crippen LogP contribution < -0.4 is 5.32 Å². The zero-order chi connectivity index (χ0) is 11.9. The lowest BCUT2D eigenvalue weighted by molar-refractivity contribution is 0.142. The summed E-state index contributed by atoms with van der Waals surface area (Å²) in [7, 11) is 0. The Balaban J connectivity index is 1.79. The Morgan fingerprint density at radius 1 is 1.65 bits per heavy atom. The lowest BCUT2D eigenvalue weighted by Crippen LogP contribution is -2.21. The summed E-state index contributed by atoms with van der Waals surface area (Å²) in [6, 6.07) is 0.591. The molecule has 1 N–H and O–H groups in total. The Kier molecular flexibility index (Phi) is 5.19. The highest BCUT2D eigenvalue weighted by molar-refractivity contribution is 7.99. The van der Waals surface area contributed by atoms with Gasteiger partial charge in [-0.05, 0) is 25.5 Å². The van der Waals surface area contributed by atoms with E-state index in [1.54, 1.807) is 0 Å². The number of aryl methyl sites for hydroxylation is 1. The van der Waals surface area contributed by atoms with Crippen LogP contribution in [-0.4, -0.2) is 40.3 Å². The SMILES string of the molecule is CCOCCCn1ccnc1NC1CCSC1. The van der Waals surface area contributed by atoms with Crippen molar-refractivity contribution in [2.75, 3.05) is 30.0 Å². The highest BCUT2D eigenvalue weighted by Gasteiger charge is 2.16. The maximum Gasteiger partial charge on any atom is 0.203 e. The Bertz CT molecular complexity index is 323. The van der Waals surface area contributed by atoms with Gasteiger partial charge < -0.3 is 14.6 Å². The molecule has 1 unspecified atom stereocenters. The van der Waals surface area contributed by atoms with Crippen LogP contribution in [-0.2, 0) is 11.3 Å². The number of nitrogens with zero attached hydrogens (tertiary/aromatic N) is 2. The number of aromatic nitrogens is 2. The molecule has 1 aliphatic heterocycles. The summed E-state index contributed by atoms with van der Waals surface area (Å²) >= 11 is 2.01. The van der Waals surface area contributed by atoms with Crippen molar-refractivity contribution in [3.05, 3.63) is 12.4 Å². The van der Waals surface area contributed by atoms with Crippen molar-refractivity contribution in [2.45, 2.75) is 32.4 Å². The van der Waals surface area contributed by atoms with Crippen LogP contribution in [0.1, 0.15) is 19.8 Å². The van der Waals surface area contributed by atoms with Gasteiger partial charge in [-0.2, -0.15) is 11.8 Å². The van der Waals surface area contributed by atoms with Crippen molar-refractivity contribution in [1.29, 1.82) is 0 Å². The van der Waals surface area contributed by atoms with E-state index in [0.717, 1.165) is 32.1 Å². The number of hydrogen-bond donors (Lipinski definition) is 1. The van der Waals surface area contributed by atoms with Gasteiger partial charge >= 0.3 is 0 Å². The van der Waals surface area contributed by atoms with Gasteiger partial charge in [0.1, 0.15) is 0 Å². The summed E-state index contributed by atoms with van der Waals surface area (Å²) in [6.45, 7) is 4.63. The van der Waals surface area contributed by atoms with E-state index in [1.165, 1.54) is 17.9 Å². The summed E-state index contributed by atoms with van der Waals surface area (Å²) in [5, 5.41) is 3.52. The van der Waals surface area contributed by atoms with Gasteiger partial charge in [-0.3, -0.25) is 0 Å². The molecule has 2 rings (SSSR count). The third-order valence-electron chi connectivity index (χ3n) is 2.87. The molecule has 4 nitrogen and oxygen atoms in total. The summed E-state index contributed by atoms with van der Waals surface area (Å²) in [5.41, 5.74) is 0. The molecule has 1 saturated heterocycles. The van der Waals surface area contributed by atoms with Crippen molar-refractivity contribution in [1.82, 2.24) is 9.55 Å². The molecule has 96 valence electrons. The first-order valence-electron chi connectivity index (χ1n) is 6.33. The number of hydrogen-bond acceptors (Lipinski definition) is 4. The third kappa shape index (κ3) is 3.92. The van der Waals surface area contributed by atoms with E-state index in [-0.39, 0.29) is 0 Å². The minimum Gasteiger partial charge on any atom is -0.382 e. The van der Waals surface area contributed by atoms with Gasteiger partial charge in [-0.1, -0.05) is 0 Å². The average Bonchev–Trinajstić information content (AvgIpc) is 2.97. The number of ether oxygens (including phenoxy) is 1. The topological polar surface area (TPSA) is 39.1 Å². The van der Waals surface area contributed by atoms with E-state index in [9.17, 15) is 0 Å². The van der Waals surface area contributed by atoms with Crippen LogP contribution in [0.5, 0.6) is 0 Å². The number of imidazole rings is 1.